The summed E-state index contributed by atoms with van der Waals surface area (Å²) >= 11 is 0. The van der Waals surface area contributed by atoms with Crippen LogP contribution in [0.15, 0.2) is 23.2 Å². The van der Waals surface area contributed by atoms with Crippen LogP contribution in [0.2, 0.25) is 0 Å². The number of nitrogens with zero attached hydrogens (tertiary/aromatic N) is 3. The molecule has 0 bridgehead atoms. The van der Waals surface area contributed by atoms with E-state index in [0.717, 1.165) is 57.9 Å². The number of ether oxygens (including phenoxy) is 2. The second-order valence-corrected chi connectivity index (χ2v) is 7.24. The predicted molar refractivity (Wildman–Crippen MR) is 105 cm³/mol. The SMILES string of the molecule is CCNC(=NCc1cc(C#N)ccc1F)N1CCC(OCC2CCCO2)CC1. The quantitative estimate of drug-likeness (QED) is 0.599. The van der Waals surface area contributed by atoms with E-state index in [1.165, 1.54) is 12.1 Å². The Morgan fingerprint density at radius 3 is 2.89 bits per heavy atom. The monoisotopic (exact) mass is 388 g/mol. The molecule has 3 rings (SSSR count). The van der Waals surface area contributed by atoms with Gasteiger partial charge in [-0.3, -0.25) is 0 Å². The van der Waals surface area contributed by atoms with Crippen LogP contribution < -0.4 is 5.32 Å². The largest absolute Gasteiger partial charge is 0.376 e. The lowest BCUT2D eigenvalue weighted by Crippen LogP contribution is -2.47. The molecule has 2 fully saturated rings. The van der Waals surface area contributed by atoms with Crippen molar-refractivity contribution in [3.05, 3.63) is 35.1 Å². The topological polar surface area (TPSA) is 69.9 Å². The van der Waals surface area contributed by atoms with Gasteiger partial charge in [-0.05, 0) is 50.8 Å². The molecule has 0 saturated carbocycles. The van der Waals surface area contributed by atoms with E-state index in [0.29, 0.717) is 17.7 Å². The molecule has 0 amide bonds. The summed E-state index contributed by atoms with van der Waals surface area (Å²) in [6.45, 7) is 6.21. The van der Waals surface area contributed by atoms with Gasteiger partial charge in [0, 0.05) is 31.8 Å². The third-order valence-electron chi connectivity index (χ3n) is 5.19. The number of aliphatic imine (C=N–C) groups is 1. The van der Waals surface area contributed by atoms with Crippen LogP contribution in [0, 0.1) is 17.1 Å². The maximum absolute atomic E-state index is 14.0. The zero-order valence-corrected chi connectivity index (χ0v) is 16.5. The molecule has 2 heterocycles. The van der Waals surface area contributed by atoms with Crippen molar-refractivity contribution in [3.8, 4) is 6.07 Å². The highest BCUT2D eigenvalue weighted by molar-refractivity contribution is 5.80. The fraction of sp³-hybridized carbons (Fsp3) is 0.619. The van der Waals surface area contributed by atoms with E-state index in [1.54, 1.807) is 6.07 Å². The molecular formula is C21H29FN4O2. The molecule has 6 nitrogen and oxygen atoms in total. The number of piperidine rings is 1. The average Bonchev–Trinajstić information content (AvgIpc) is 3.25. The summed E-state index contributed by atoms with van der Waals surface area (Å²) in [5.41, 5.74) is 0.880. The van der Waals surface area contributed by atoms with Gasteiger partial charge in [-0.15, -0.1) is 0 Å². The molecule has 1 atom stereocenters. The maximum Gasteiger partial charge on any atom is 0.194 e. The predicted octanol–water partition coefficient (Wildman–Crippen LogP) is 2.82. The Balaban J connectivity index is 1.54. The molecule has 1 aromatic rings. The molecule has 0 aliphatic carbocycles. The molecule has 28 heavy (non-hydrogen) atoms. The van der Waals surface area contributed by atoms with Gasteiger partial charge in [0.05, 0.1) is 37.0 Å². The van der Waals surface area contributed by atoms with E-state index in [9.17, 15) is 4.39 Å². The van der Waals surface area contributed by atoms with Crippen molar-refractivity contribution in [3.63, 3.8) is 0 Å². The van der Waals surface area contributed by atoms with Gasteiger partial charge in [0.15, 0.2) is 5.96 Å². The van der Waals surface area contributed by atoms with Gasteiger partial charge in [0.1, 0.15) is 5.82 Å². The molecule has 0 spiro atoms. The summed E-state index contributed by atoms with van der Waals surface area (Å²) in [4.78, 5) is 6.79. The van der Waals surface area contributed by atoms with Crippen LogP contribution in [-0.2, 0) is 16.0 Å². The molecule has 7 heteroatoms. The first-order valence-corrected chi connectivity index (χ1v) is 10.1. The Morgan fingerprint density at radius 1 is 1.39 bits per heavy atom. The normalized spacial score (nSPS) is 21.0. The van der Waals surface area contributed by atoms with Crippen molar-refractivity contribution < 1.29 is 13.9 Å². The minimum absolute atomic E-state index is 0.207. The summed E-state index contributed by atoms with van der Waals surface area (Å²) < 4.78 is 25.7. The van der Waals surface area contributed by atoms with Crippen LogP contribution in [0.1, 0.15) is 43.7 Å². The number of likely N-dealkylation sites (tertiary alicyclic amines) is 1. The second-order valence-electron chi connectivity index (χ2n) is 7.24. The third-order valence-corrected chi connectivity index (χ3v) is 5.19. The lowest BCUT2D eigenvalue weighted by molar-refractivity contribution is -0.0367. The molecule has 0 radical (unpaired) electrons. The van der Waals surface area contributed by atoms with Crippen molar-refractivity contribution in [1.29, 1.82) is 5.26 Å². The summed E-state index contributed by atoms with van der Waals surface area (Å²) in [6.07, 6.45) is 4.63. The number of guanidine groups is 1. The Hall–Kier alpha value is -2.17. The van der Waals surface area contributed by atoms with Crippen LogP contribution >= 0.6 is 0 Å². The smallest absolute Gasteiger partial charge is 0.194 e. The Morgan fingerprint density at radius 2 is 2.21 bits per heavy atom. The van der Waals surface area contributed by atoms with Gasteiger partial charge < -0.3 is 19.7 Å². The van der Waals surface area contributed by atoms with Gasteiger partial charge in [-0.2, -0.15) is 5.26 Å². The number of hydrogen-bond donors (Lipinski definition) is 1. The molecule has 2 aliphatic heterocycles. The van der Waals surface area contributed by atoms with E-state index < -0.39 is 0 Å². The van der Waals surface area contributed by atoms with Crippen molar-refractivity contribution >= 4 is 5.96 Å². The number of benzene rings is 1. The molecule has 1 aromatic carbocycles. The van der Waals surface area contributed by atoms with Crippen molar-refractivity contribution in [2.75, 3.05) is 32.8 Å². The van der Waals surface area contributed by atoms with E-state index in [-0.39, 0.29) is 24.6 Å². The number of rotatable bonds is 6. The summed E-state index contributed by atoms with van der Waals surface area (Å²) in [5, 5.41) is 12.3. The lowest BCUT2D eigenvalue weighted by Gasteiger charge is -2.34. The number of halogens is 1. The number of hydrogen-bond acceptors (Lipinski definition) is 4. The highest BCUT2D eigenvalue weighted by atomic mass is 19.1. The number of nitriles is 1. The van der Waals surface area contributed by atoms with E-state index in [4.69, 9.17) is 14.7 Å². The Bertz CT molecular complexity index is 705. The van der Waals surface area contributed by atoms with Crippen LogP contribution in [0.3, 0.4) is 0 Å². The average molecular weight is 388 g/mol. The maximum atomic E-state index is 14.0. The molecular weight excluding hydrogens is 359 g/mol. The van der Waals surface area contributed by atoms with Crippen LogP contribution in [-0.4, -0.2) is 55.9 Å². The fourth-order valence-corrected chi connectivity index (χ4v) is 3.60. The molecule has 1 unspecified atom stereocenters. The molecule has 0 aromatic heterocycles. The first-order valence-electron chi connectivity index (χ1n) is 10.1. The zero-order valence-electron chi connectivity index (χ0n) is 16.5. The molecule has 1 N–H and O–H groups in total. The van der Waals surface area contributed by atoms with Crippen molar-refractivity contribution in [2.24, 2.45) is 4.99 Å². The minimum Gasteiger partial charge on any atom is -0.376 e. The van der Waals surface area contributed by atoms with Gasteiger partial charge >= 0.3 is 0 Å². The highest BCUT2D eigenvalue weighted by Crippen LogP contribution is 2.18. The van der Waals surface area contributed by atoms with Gasteiger partial charge in [0.2, 0.25) is 0 Å². The molecule has 152 valence electrons. The Labute approximate surface area is 166 Å². The van der Waals surface area contributed by atoms with E-state index >= 15 is 0 Å². The molecule has 2 saturated heterocycles. The second kappa shape index (κ2) is 10.4. The summed E-state index contributed by atoms with van der Waals surface area (Å²) in [6, 6.07) is 6.41. The first kappa shape index (κ1) is 20.6. The highest BCUT2D eigenvalue weighted by Gasteiger charge is 2.24. The fourth-order valence-electron chi connectivity index (χ4n) is 3.60. The van der Waals surface area contributed by atoms with Crippen molar-refractivity contribution in [2.45, 2.75) is 51.4 Å². The minimum atomic E-state index is -0.333. The third kappa shape index (κ3) is 5.66. The summed E-state index contributed by atoms with van der Waals surface area (Å²) in [7, 11) is 0. The van der Waals surface area contributed by atoms with Crippen LogP contribution in [0.4, 0.5) is 4.39 Å². The zero-order chi connectivity index (χ0) is 19.8. The first-order chi connectivity index (χ1) is 13.7. The van der Waals surface area contributed by atoms with Crippen molar-refractivity contribution in [1.82, 2.24) is 10.2 Å². The van der Waals surface area contributed by atoms with Gasteiger partial charge in [-0.25, -0.2) is 9.38 Å². The van der Waals surface area contributed by atoms with E-state index in [2.05, 4.69) is 15.2 Å². The molecule has 2 aliphatic rings. The van der Waals surface area contributed by atoms with Crippen LogP contribution in [0.25, 0.3) is 0 Å². The lowest BCUT2D eigenvalue weighted by atomic mass is 10.1. The Kier molecular flexibility index (Phi) is 7.63. The number of nitrogens with one attached hydrogen (secondary N) is 1. The van der Waals surface area contributed by atoms with E-state index in [1.807, 2.05) is 13.0 Å². The summed E-state index contributed by atoms with van der Waals surface area (Å²) in [5.74, 6) is 0.446. The van der Waals surface area contributed by atoms with Gasteiger partial charge in [0.25, 0.3) is 0 Å². The standard InChI is InChI=1S/C21H29FN4O2/c1-2-24-21(25-14-17-12-16(13-23)5-6-20(17)22)26-9-7-18(8-10-26)28-15-19-4-3-11-27-19/h5-6,12,18-19H,2-4,7-11,14-15H2,1H3,(H,24,25). The van der Waals surface area contributed by atoms with Gasteiger partial charge in [-0.1, -0.05) is 0 Å². The van der Waals surface area contributed by atoms with Crippen LogP contribution in [0.5, 0.6) is 0 Å².